The number of ether oxygens (including phenoxy) is 1. The lowest BCUT2D eigenvalue weighted by molar-refractivity contribution is -0.274. The molecule has 0 bridgehead atoms. The first kappa shape index (κ1) is 21.0. The predicted octanol–water partition coefficient (Wildman–Crippen LogP) is 3.76. The van der Waals surface area contributed by atoms with E-state index in [4.69, 9.17) is 22.4 Å². The van der Waals surface area contributed by atoms with Crippen molar-refractivity contribution >= 4 is 54.1 Å². The van der Waals surface area contributed by atoms with Crippen LogP contribution in [0.15, 0.2) is 18.2 Å². The van der Waals surface area contributed by atoms with Crippen LogP contribution in [0.5, 0.6) is 5.75 Å². The summed E-state index contributed by atoms with van der Waals surface area (Å²) in [5.74, 6) is -1.91. The van der Waals surface area contributed by atoms with E-state index in [9.17, 15) is 18.0 Å². The Balaban J connectivity index is 0. The van der Waals surface area contributed by atoms with E-state index in [1.165, 1.54) is 0 Å². The van der Waals surface area contributed by atoms with Crippen LogP contribution in [-0.2, 0) is 4.79 Å². The van der Waals surface area contributed by atoms with E-state index in [0.717, 1.165) is 24.3 Å². The Hall–Kier alpha value is -1.31. The number of hydrogen-bond donors (Lipinski definition) is 2. The first-order chi connectivity index (χ1) is 8.19. The van der Waals surface area contributed by atoms with Crippen LogP contribution in [0, 0.1) is 0 Å². The minimum atomic E-state index is -4.90. The van der Waals surface area contributed by atoms with Crippen molar-refractivity contribution < 1.29 is 27.8 Å². The van der Waals surface area contributed by atoms with Crippen LogP contribution >= 0.6 is 36.4 Å². The molecule has 3 N–H and O–H groups in total. The molecule has 0 saturated heterocycles. The Bertz CT molecular complexity index is 507. The molecule has 20 heavy (non-hydrogen) atoms. The molecule has 114 valence electrons. The molecule has 0 spiro atoms. The molecule has 0 fully saturated rings. The molecule has 1 aromatic rings. The van der Waals surface area contributed by atoms with Gasteiger partial charge in [0.25, 0.3) is 0 Å². The summed E-state index contributed by atoms with van der Waals surface area (Å²) >= 11 is 5.52. The number of nitrogens with two attached hydrogens (primary N) is 1. The molecule has 0 atom stereocenters. The van der Waals surface area contributed by atoms with Crippen molar-refractivity contribution in [2.24, 2.45) is 0 Å². The Morgan fingerprint density at radius 2 is 1.90 bits per heavy atom. The summed E-state index contributed by atoms with van der Waals surface area (Å²) < 4.78 is 39.8. The summed E-state index contributed by atoms with van der Waals surface area (Å²) in [5.41, 5.74) is 5.57. The number of hydrogen-bond acceptors (Lipinski definition) is 3. The van der Waals surface area contributed by atoms with E-state index >= 15 is 0 Å². The summed E-state index contributed by atoms with van der Waals surface area (Å²) in [4.78, 5) is 10.3. The van der Waals surface area contributed by atoms with E-state index in [2.05, 4.69) is 4.74 Å². The van der Waals surface area contributed by atoms with Gasteiger partial charge in [-0.2, -0.15) is 0 Å². The van der Waals surface area contributed by atoms with Gasteiger partial charge in [0.2, 0.25) is 0 Å². The second-order valence-corrected chi connectivity index (χ2v) is 3.54. The smallest absolute Gasteiger partial charge is 0.478 e. The van der Waals surface area contributed by atoms with Gasteiger partial charge in [-0.25, -0.2) is 4.79 Å². The molecule has 0 aliphatic heterocycles. The Morgan fingerprint density at radius 1 is 1.35 bits per heavy atom. The van der Waals surface area contributed by atoms with Crippen molar-refractivity contribution in [1.29, 1.82) is 0 Å². The van der Waals surface area contributed by atoms with Gasteiger partial charge in [0, 0.05) is 17.3 Å². The number of benzene rings is 1. The average Bonchev–Trinajstić information content (AvgIpc) is 2.18. The Labute approximate surface area is 129 Å². The third kappa shape index (κ3) is 6.74. The van der Waals surface area contributed by atoms with Crippen molar-refractivity contribution in [3.8, 4) is 5.75 Å². The Morgan fingerprint density at radius 3 is 2.35 bits per heavy atom. The van der Waals surface area contributed by atoms with Crippen molar-refractivity contribution in [2.75, 3.05) is 5.73 Å². The fourth-order valence-electron chi connectivity index (χ4n) is 1.09. The lowest BCUT2D eigenvalue weighted by Gasteiger charge is -2.12. The third-order valence-corrected chi connectivity index (χ3v) is 2.06. The van der Waals surface area contributed by atoms with Crippen LogP contribution in [0.25, 0.3) is 6.08 Å². The van der Waals surface area contributed by atoms with Gasteiger partial charge in [-0.05, 0) is 18.2 Å². The fourth-order valence-corrected chi connectivity index (χ4v) is 1.30. The van der Waals surface area contributed by atoms with Gasteiger partial charge in [0.1, 0.15) is 5.75 Å². The summed E-state index contributed by atoms with van der Waals surface area (Å²) in [7, 11) is 0. The van der Waals surface area contributed by atoms with Gasteiger partial charge >= 0.3 is 12.3 Å². The largest absolute Gasteiger partial charge is 0.573 e. The topological polar surface area (TPSA) is 72.5 Å². The zero-order chi connectivity index (χ0) is 13.9. The number of carbonyl (C=O) groups is 1. The second-order valence-electron chi connectivity index (χ2n) is 3.13. The number of alkyl halides is 3. The highest BCUT2D eigenvalue weighted by molar-refractivity contribution is 6.32. The van der Waals surface area contributed by atoms with Crippen LogP contribution < -0.4 is 10.5 Å². The number of nitrogen functional groups attached to an aromatic ring is 1. The zero-order valence-electron chi connectivity index (χ0n) is 9.48. The molecule has 4 nitrogen and oxygen atoms in total. The number of carboxylic acid groups (broad SMARTS) is 1. The summed E-state index contributed by atoms with van der Waals surface area (Å²) in [6.07, 6.45) is -3.12. The molecule has 0 radical (unpaired) electrons. The number of carboxylic acids is 1. The van der Waals surface area contributed by atoms with Crippen LogP contribution in [0.3, 0.4) is 0 Å². The normalized spacial score (nSPS) is 10.6. The van der Waals surface area contributed by atoms with E-state index in [1.807, 2.05) is 0 Å². The number of aliphatic carboxylic acids is 1. The van der Waals surface area contributed by atoms with Crippen molar-refractivity contribution in [1.82, 2.24) is 0 Å². The summed E-state index contributed by atoms with van der Waals surface area (Å²) in [6, 6.07) is 1.95. The lowest BCUT2D eigenvalue weighted by Crippen LogP contribution is -2.17. The van der Waals surface area contributed by atoms with Crippen molar-refractivity contribution in [3.05, 3.63) is 28.8 Å². The molecular weight excluding hydrogens is 345 g/mol. The molecule has 0 aliphatic carbocycles. The highest BCUT2D eigenvalue weighted by Gasteiger charge is 2.32. The van der Waals surface area contributed by atoms with Crippen LogP contribution in [0.2, 0.25) is 5.02 Å². The number of halogens is 6. The summed E-state index contributed by atoms with van der Waals surface area (Å²) in [6.45, 7) is 0. The molecule has 0 saturated carbocycles. The van der Waals surface area contributed by atoms with E-state index in [-0.39, 0.29) is 41.1 Å². The first-order valence-corrected chi connectivity index (χ1v) is 4.82. The predicted molar refractivity (Wildman–Crippen MR) is 73.7 cm³/mol. The first-order valence-electron chi connectivity index (χ1n) is 4.45. The monoisotopic (exact) mass is 353 g/mol. The van der Waals surface area contributed by atoms with Gasteiger partial charge in [0.15, 0.2) is 0 Å². The summed E-state index contributed by atoms with van der Waals surface area (Å²) in [5, 5.41) is 8.09. The minimum absolute atomic E-state index is 0. The van der Waals surface area contributed by atoms with Crippen molar-refractivity contribution in [3.63, 3.8) is 0 Å². The number of rotatable bonds is 3. The highest BCUT2D eigenvalue weighted by Crippen LogP contribution is 2.34. The Kier molecular flexibility index (Phi) is 8.49. The van der Waals surface area contributed by atoms with Gasteiger partial charge in [-0.15, -0.1) is 38.0 Å². The molecule has 1 rings (SSSR count). The third-order valence-electron chi connectivity index (χ3n) is 1.77. The maximum absolute atomic E-state index is 12.0. The van der Waals surface area contributed by atoms with Gasteiger partial charge in [-0.3, -0.25) is 0 Å². The molecule has 0 aliphatic rings. The fraction of sp³-hybridized carbons (Fsp3) is 0.100. The molecule has 0 aromatic heterocycles. The van der Waals surface area contributed by atoms with Crippen LogP contribution in [0.1, 0.15) is 5.56 Å². The average molecular weight is 355 g/mol. The van der Waals surface area contributed by atoms with Crippen LogP contribution in [-0.4, -0.2) is 17.4 Å². The van der Waals surface area contributed by atoms with Gasteiger partial charge in [-0.1, -0.05) is 11.6 Å². The quantitative estimate of drug-likeness (QED) is 0.640. The van der Waals surface area contributed by atoms with Gasteiger partial charge in [0.05, 0.1) is 5.02 Å². The zero-order valence-corrected chi connectivity index (χ0v) is 11.9. The molecule has 0 unspecified atom stereocenters. The maximum atomic E-state index is 12.0. The number of anilines is 1. The maximum Gasteiger partial charge on any atom is 0.573 e. The molecule has 0 heterocycles. The second kappa shape index (κ2) is 8.08. The van der Waals surface area contributed by atoms with Crippen molar-refractivity contribution in [2.45, 2.75) is 6.36 Å². The lowest BCUT2D eigenvalue weighted by atomic mass is 10.1. The van der Waals surface area contributed by atoms with E-state index in [1.54, 1.807) is 0 Å². The van der Waals surface area contributed by atoms with Gasteiger partial charge < -0.3 is 15.6 Å². The SMILES string of the molecule is Cl.Cl.Nc1cc(Cl)c(OC(F)(F)F)cc1/C=C/C(=O)O. The molecular formula is C10H9Cl3F3NO3. The van der Waals surface area contributed by atoms with E-state index in [0.29, 0.717) is 0 Å². The minimum Gasteiger partial charge on any atom is -0.478 e. The highest BCUT2D eigenvalue weighted by atomic mass is 35.5. The molecule has 10 heteroatoms. The van der Waals surface area contributed by atoms with E-state index < -0.39 is 18.1 Å². The standard InChI is InChI=1S/C10H7ClF3NO3.2ClH/c11-6-4-7(15)5(1-2-9(16)17)3-8(6)18-10(12,13)14;;/h1-4H,15H2,(H,16,17);2*1H/b2-1+;;. The molecule has 0 amide bonds. The molecule has 1 aromatic carbocycles. The van der Waals surface area contributed by atoms with Crippen LogP contribution in [0.4, 0.5) is 18.9 Å².